The van der Waals surface area contributed by atoms with Crippen LogP contribution in [0.1, 0.15) is 19.8 Å². The van der Waals surface area contributed by atoms with Gasteiger partial charge in [0.25, 0.3) is 0 Å². The molecule has 2 aliphatic rings. The molecule has 1 aromatic carbocycles. The Balaban J connectivity index is 0.00000261. The van der Waals surface area contributed by atoms with Crippen LogP contribution in [0.15, 0.2) is 29.3 Å². The third-order valence-electron chi connectivity index (χ3n) is 5.39. The van der Waals surface area contributed by atoms with Gasteiger partial charge in [-0.15, -0.1) is 24.0 Å². The Labute approximate surface area is 180 Å². The van der Waals surface area contributed by atoms with E-state index in [1.165, 1.54) is 32.5 Å². The fourth-order valence-electron chi connectivity index (χ4n) is 3.96. The number of likely N-dealkylation sites (tertiary alicyclic amines) is 1. The van der Waals surface area contributed by atoms with E-state index >= 15 is 0 Å². The Morgan fingerprint density at radius 2 is 1.78 bits per heavy atom. The van der Waals surface area contributed by atoms with E-state index in [2.05, 4.69) is 31.9 Å². The smallest absolute Gasteiger partial charge is 0.193 e. The van der Waals surface area contributed by atoms with Gasteiger partial charge in [0, 0.05) is 46.3 Å². The number of rotatable bonds is 5. The maximum atomic E-state index is 10.1. The largest absolute Gasteiger partial charge is 0.506 e. The van der Waals surface area contributed by atoms with E-state index in [0.717, 1.165) is 44.4 Å². The lowest BCUT2D eigenvalue weighted by Gasteiger charge is -2.38. The minimum atomic E-state index is 0. The van der Waals surface area contributed by atoms with E-state index in [1.807, 2.05) is 25.2 Å². The predicted molar refractivity (Wildman–Crippen MR) is 124 cm³/mol. The van der Waals surface area contributed by atoms with Gasteiger partial charge in [-0.2, -0.15) is 0 Å². The second kappa shape index (κ2) is 10.9. The van der Waals surface area contributed by atoms with Crippen molar-refractivity contribution in [1.82, 2.24) is 15.1 Å². The van der Waals surface area contributed by atoms with E-state index in [1.54, 1.807) is 6.07 Å². The van der Waals surface area contributed by atoms with Crippen LogP contribution in [0.5, 0.6) is 5.75 Å². The number of hydrogen-bond acceptors (Lipinski definition) is 4. The van der Waals surface area contributed by atoms with Crippen molar-refractivity contribution in [3.8, 4) is 5.75 Å². The van der Waals surface area contributed by atoms with Crippen LogP contribution in [-0.2, 0) is 0 Å². The zero-order chi connectivity index (χ0) is 18.4. The Morgan fingerprint density at radius 1 is 1.11 bits per heavy atom. The molecule has 0 bridgehead atoms. The van der Waals surface area contributed by atoms with E-state index in [4.69, 9.17) is 0 Å². The summed E-state index contributed by atoms with van der Waals surface area (Å²) in [5.74, 6) is 1.97. The molecule has 152 valence electrons. The first kappa shape index (κ1) is 22.1. The van der Waals surface area contributed by atoms with Crippen molar-refractivity contribution in [2.45, 2.75) is 19.8 Å². The molecular weight excluding hydrogens is 453 g/mol. The van der Waals surface area contributed by atoms with Gasteiger partial charge in [0.1, 0.15) is 5.75 Å². The summed E-state index contributed by atoms with van der Waals surface area (Å²) in [5, 5.41) is 13.6. The highest BCUT2D eigenvalue weighted by molar-refractivity contribution is 14.0. The number of phenols is 1. The summed E-state index contributed by atoms with van der Waals surface area (Å²) in [6.45, 7) is 10.6. The summed E-state index contributed by atoms with van der Waals surface area (Å²) in [7, 11) is 1.86. The Kier molecular flexibility index (Phi) is 8.95. The van der Waals surface area contributed by atoms with Gasteiger partial charge in [0.15, 0.2) is 5.96 Å². The maximum absolute atomic E-state index is 10.1. The summed E-state index contributed by atoms with van der Waals surface area (Å²) in [4.78, 5) is 11.6. The summed E-state index contributed by atoms with van der Waals surface area (Å²) < 4.78 is 0. The number of benzene rings is 1. The first-order valence-corrected chi connectivity index (χ1v) is 9.88. The number of phenolic OH excluding ortho intramolecular Hbond substituents is 1. The lowest BCUT2D eigenvalue weighted by molar-refractivity contribution is 0.285. The van der Waals surface area contributed by atoms with Crippen molar-refractivity contribution < 1.29 is 5.11 Å². The molecule has 1 atom stereocenters. The number of halogens is 1. The zero-order valence-electron chi connectivity index (χ0n) is 16.6. The highest BCUT2D eigenvalue weighted by Crippen LogP contribution is 2.27. The topological polar surface area (TPSA) is 54.3 Å². The zero-order valence-corrected chi connectivity index (χ0v) is 18.9. The normalized spacial score (nSPS) is 19.7. The lowest BCUT2D eigenvalue weighted by atomic mass is 10.1. The number of aromatic hydroxyl groups is 1. The number of piperazine rings is 1. The van der Waals surface area contributed by atoms with Gasteiger partial charge < -0.3 is 25.1 Å². The Hall–Kier alpha value is -1.22. The van der Waals surface area contributed by atoms with Crippen molar-refractivity contribution in [1.29, 1.82) is 0 Å². The summed E-state index contributed by atoms with van der Waals surface area (Å²) in [6, 6.07) is 7.58. The third kappa shape index (κ3) is 6.14. The lowest BCUT2D eigenvalue weighted by Crippen LogP contribution is -2.53. The van der Waals surface area contributed by atoms with Crippen molar-refractivity contribution in [2.24, 2.45) is 10.9 Å². The first-order valence-electron chi connectivity index (χ1n) is 9.88. The second-order valence-electron chi connectivity index (χ2n) is 7.50. The number of anilines is 1. The molecule has 0 aliphatic carbocycles. The molecule has 3 rings (SSSR count). The van der Waals surface area contributed by atoms with Gasteiger partial charge in [-0.1, -0.05) is 19.1 Å². The molecule has 2 aliphatic heterocycles. The van der Waals surface area contributed by atoms with E-state index in [-0.39, 0.29) is 24.0 Å². The molecule has 7 heteroatoms. The van der Waals surface area contributed by atoms with Crippen LogP contribution in [0.2, 0.25) is 0 Å². The van der Waals surface area contributed by atoms with Crippen molar-refractivity contribution in [2.75, 3.05) is 64.3 Å². The van der Waals surface area contributed by atoms with Crippen LogP contribution < -0.4 is 10.2 Å². The van der Waals surface area contributed by atoms with E-state index in [0.29, 0.717) is 11.7 Å². The number of aliphatic imine (C=N–C) groups is 1. The molecule has 2 N–H and O–H groups in total. The molecule has 2 fully saturated rings. The molecule has 0 amide bonds. The number of hydrogen-bond donors (Lipinski definition) is 2. The highest BCUT2D eigenvalue weighted by atomic mass is 127. The molecule has 1 aromatic rings. The molecule has 0 spiro atoms. The number of nitrogens with one attached hydrogen (secondary N) is 1. The van der Waals surface area contributed by atoms with Gasteiger partial charge in [0.05, 0.1) is 5.69 Å². The molecule has 0 saturated carbocycles. The van der Waals surface area contributed by atoms with Gasteiger partial charge in [0.2, 0.25) is 0 Å². The predicted octanol–water partition coefficient (Wildman–Crippen LogP) is 2.44. The van der Waals surface area contributed by atoms with Crippen LogP contribution in [0.3, 0.4) is 0 Å². The molecule has 0 aromatic heterocycles. The summed E-state index contributed by atoms with van der Waals surface area (Å²) in [6.07, 6.45) is 2.70. The molecule has 1 unspecified atom stereocenters. The van der Waals surface area contributed by atoms with Gasteiger partial charge >= 0.3 is 0 Å². The fourth-order valence-corrected chi connectivity index (χ4v) is 3.96. The van der Waals surface area contributed by atoms with Crippen LogP contribution in [0.4, 0.5) is 5.69 Å². The molecular formula is C20H34IN5O. The van der Waals surface area contributed by atoms with Crippen molar-refractivity contribution >= 4 is 35.6 Å². The second-order valence-corrected chi connectivity index (χ2v) is 7.50. The Morgan fingerprint density at radius 3 is 2.41 bits per heavy atom. The van der Waals surface area contributed by atoms with Crippen LogP contribution in [-0.4, -0.2) is 80.3 Å². The van der Waals surface area contributed by atoms with Crippen LogP contribution >= 0.6 is 24.0 Å². The molecule has 6 nitrogen and oxygen atoms in total. The molecule has 2 heterocycles. The van der Waals surface area contributed by atoms with Gasteiger partial charge in [-0.3, -0.25) is 4.99 Å². The van der Waals surface area contributed by atoms with Crippen LogP contribution in [0, 0.1) is 5.92 Å². The summed E-state index contributed by atoms with van der Waals surface area (Å²) in [5.41, 5.74) is 0.925. The van der Waals surface area contributed by atoms with Crippen LogP contribution in [0.25, 0.3) is 0 Å². The Bertz CT molecular complexity index is 598. The monoisotopic (exact) mass is 487 g/mol. The minimum absolute atomic E-state index is 0. The minimum Gasteiger partial charge on any atom is -0.506 e. The average molecular weight is 487 g/mol. The molecule has 27 heavy (non-hydrogen) atoms. The maximum Gasteiger partial charge on any atom is 0.193 e. The third-order valence-corrected chi connectivity index (χ3v) is 5.39. The fraction of sp³-hybridized carbons (Fsp3) is 0.650. The quantitative estimate of drug-likeness (QED) is 0.380. The average Bonchev–Trinajstić information content (AvgIpc) is 3.16. The van der Waals surface area contributed by atoms with Crippen molar-refractivity contribution in [3.63, 3.8) is 0 Å². The highest BCUT2D eigenvalue weighted by Gasteiger charge is 2.22. The number of para-hydroxylation sites is 2. The van der Waals surface area contributed by atoms with Gasteiger partial charge in [-0.05, 0) is 44.0 Å². The van der Waals surface area contributed by atoms with Gasteiger partial charge in [-0.25, -0.2) is 0 Å². The first-order chi connectivity index (χ1) is 12.7. The number of guanidine groups is 1. The standard InChI is InChI=1S/C20H33N5O.HI/c1-17(16-23-9-5-6-10-23)15-22-20(21-2)25-13-11-24(12-14-25)18-7-3-4-8-19(18)26;/h3-4,7-8,17,26H,5-6,9-16H2,1-2H3,(H,21,22);1H. The summed E-state index contributed by atoms with van der Waals surface area (Å²) >= 11 is 0. The van der Waals surface area contributed by atoms with Crippen molar-refractivity contribution in [3.05, 3.63) is 24.3 Å². The van der Waals surface area contributed by atoms with E-state index < -0.39 is 0 Å². The SMILES string of the molecule is CN=C(NCC(C)CN1CCCC1)N1CCN(c2ccccc2O)CC1.I. The number of nitrogens with zero attached hydrogens (tertiary/aromatic N) is 4. The molecule has 2 saturated heterocycles. The molecule has 0 radical (unpaired) electrons. The van der Waals surface area contributed by atoms with E-state index in [9.17, 15) is 5.11 Å².